The Morgan fingerprint density at radius 3 is 2.65 bits per heavy atom. The fourth-order valence-corrected chi connectivity index (χ4v) is 4.50. The molecule has 0 bridgehead atoms. The average Bonchev–Trinajstić information content (AvgIpc) is 3.24. The van der Waals surface area contributed by atoms with Crippen molar-refractivity contribution in [2.24, 2.45) is 0 Å². The summed E-state index contributed by atoms with van der Waals surface area (Å²) in [6.07, 6.45) is 0. The summed E-state index contributed by atoms with van der Waals surface area (Å²) in [5, 5.41) is 12.7. The van der Waals surface area contributed by atoms with Crippen LogP contribution >= 0.6 is 23.1 Å². The lowest BCUT2D eigenvalue weighted by Gasteiger charge is -2.09. The van der Waals surface area contributed by atoms with Gasteiger partial charge in [-0.05, 0) is 18.2 Å². The lowest BCUT2D eigenvalue weighted by Crippen LogP contribution is -2.11. The number of methoxy groups -OCH3 is 3. The van der Waals surface area contributed by atoms with Crippen LogP contribution in [0.4, 0.5) is 10.8 Å². The summed E-state index contributed by atoms with van der Waals surface area (Å²) >= 11 is 2.85. The van der Waals surface area contributed by atoms with E-state index in [9.17, 15) is 4.79 Å². The molecule has 2 N–H and O–H groups in total. The molecule has 0 aliphatic heterocycles. The molecule has 0 saturated heterocycles. The van der Waals surface area contributed by atoms with Crippen LogP contribution in [0.2, 0.25) is 0 Å². The second-order valence-corrected chi connectivity index (χ2v) is 8.46. The lowest BCUT2D eigenvalue weighted by molar-refractivity contribution is 0.355. The van der Waals surface area contributed by atoms with E-state index < -0.39 is 0 Å². The first-order valence-corrected chi connectivity index (χ1v) is 10.9. The van der Waals surface area contributed by atoms with E-state index in [1.165, 1.54) is 30.2 Å². The number of ether oxygens (including phenoxy) is 3. The van der Waals surface area contributed by atoms with Gasteiger partial charge in [0, 0.05) is 17.8 Å². The van der Waals surface area contributed by atoms with Crippen LogP contribution in [0.25, 0.3) is 10.9 Å². The fourth-order valence-electron chi connectivity index (χ4n) is 2.86. The Morgan fingerprint density at radius 1 is 1.06 bits per heavy atom. The Bertz CT molecular complexity index is 1270. The van der Waals surface area contributed by atoms with E-state index in [4.69, 9.17) is 14.2 Å². The van der Waals surface area contributed by atoms with Gasteiger partial charge >= 0.3 is 0 Å². The third-order valence-corrected chi connectivity index (χ3v) is 6.30. The standard InChI is InChI=1S/C20H19N5O4S2/c1-27-12-6-4-5-11(7-12)21-19-24-25-20(31-19)30-10-17-22-14-9-16(29-3)15(28-2)8-13(14)18(26)23-17/h4-9H,10H2,1-3H3,(H,21,24)(H,22,23,26). The van der Waals surface area contributed by atoms with Gasteiger partial charge < -0.3 is 24.5 Å². The van der Waals surface area contributed by atoms with Crippen LogP contribution in [0.5, 0.6) is 17.2 Å². The van der Waals surface area contributed by atoms with Crippen molar-refractivity contribution < 1.29 is 14.2 Å². The maximum atomic E-state index is 12.5. The number of rotatable bonds is 8. The van der Waals surface area contributed by atoms with Crippen LogP contribution in [-0.2, 0) is 5.75 Å². The predicted octanol–water partition coefficient (Wildman–Crippen LogP) is 3.84. The third-order valence-electron chi connectivity index (χ3n) is 4.32. The molecule has 2 aromatic carbocycles. The van der Waals surface area contributed by atoms with Crippen molar-refractivity contribution in [3.8, 4) is 17.2 Å². The van der Waals surface area contributed by atoms with E-state index in [1.54, 1.807) is 26.4 Å². The molecule has 0 radical (unpaired) electrons. The maximum absolute atomic E-state index is 12.5. The summed E-state index contributed by atoms with van der Waals surface area (Å²) in [4.78, 5) is 19.8. The van der Waals surface area contributed by atoms with Crippen molar-refractivity contribution in [2.45, 2.75) is 10.1 Å². The highest BCUT2D eigenvalue weighted by Gasteiger charge is 2.12. The molecule has 11 heteroatoms. The number of H-pyrrole nitrogens is 1. The number of benzene rings is 2. The van der Waals surface area contributed by atoms with Crippen LogP contribution in [-0.4, -0.2) is 41.5 Å². The summed E-state index contributed by atoms with van der Waals surface area (Å²) < 4.78 is 16.5. The molecular weight excluding hydrogens is 438 g/mol. The molecule has 160 valence electrons. The zero-order chi connectivity index (χ0) is 21.8. The highest BCUT2D eigenvalue weighted by molar-refractivity contribution is 8.00. The van der Waals surface area contributed by atoms with Gasteiger partial charge in [-0.1, -0.05) is 29.2 Å². The van der Waals surface area contributed by atoms with E-state index >= 15 is 0 Å². The molecular formula is C20H19N5O4S2. The number of aromatic nitrogens is 4. The molecule has 2 aromatic heterocycles. The highest BCUT2D eigenvalue weighted by atomic mass is 32.2. The van der Waals surface area contributed by atoms with Gasteiger partial charge in [-0.3, -0.25) is 4.79 Å². The fraction of sp³-hybridized carbons (Fsp3) is 0.200. The Morgan fingerprint density at radius 2 is 1.87 bits per heavy atom. The minimum atomic E-state index is -0.237. The van der Waals surface area contributed by atoms with Gasteiger partial charge in [0.1, 0.15) is 11.6 Å². The van der Waals surface area contributed by atoms with Crippen LogP contribution in [0.1, 0.15) is 5.82 Å². The Balaban J connectivity index is 1.48. The first kappa shape index (κ1) is 20.9. The first-order valence-electron chi connectivity index (χ1n) is 9.12. The van der Waals surface area contributed by atoms with Gasteiger partial charge in [-0.15, -0.1) is 10.2 Å². The summed E-state index contributed by atoms with van der Waals surface area (Å²) in [5.41, 5.74) is 1.16. The number of hydrogen-bond donors (Lipinski definition) is 2. The monoisotopic (exact) mass is 457 g/mol. The summed E-state index contributed by atoms with van der Waals surface area (Å²) in [7, 11) is 4.69. The summed E-state index contributed by atoms with van der Waals surface area (Å²) in [5.74, 6) is 2.73. The quantitative estimate of drug-likeness (QED) is 0.381. The molecule has 0 aliphatic carbocycles. The van der Waals surface area contributed by atoms with Crippen molar-refractivity contribution in [1.82, 2.24) is 20.2 Å². The number of aromatic amines is 1. The second-order valence-electron chi connectivity index (χ2n) is 6.26. The minimum absolute atomic E-state index is 0.237. The molecule has 2 heterocycles. The molecule has 4 rings (SSSR count). The third kappa shape index (κ3) is 4.72. The average molecular weight is 458 g/mol. The van der Waals surface area contributed by atoms with Crippen LogP contribution in [0.3, 0.4) is 0 Å². The Kier molecular flexibility index (Phi) is 6.23. The summed E-state index contributed by atoms with van der Waals surface area (Å²) in [6, 6.07) is 10.9. The van der Waals surface area contributed by atoms with E-state index in [2.05, 4.69) is 25.5 Å². The largest absolute Gasteiger partial charge is 0.497 e. The number of anilines is 2. The summed E-state index contributed by atoms with van der Waals surface area (Å²) in [6.45, 7) is 0. The number of hydrogen-bond acceptors (Lipinski definition) is 10. The number of nitrogens with one attached hydrogen (secondary N) is 2. The topological polar surface area (TPSA) is 111 Å². The zero-order valence-corrected chi connectivity index (χ0v) is 18.6. The van der Waals surface area contributed by atoms with Gasteiger partial charge in [0.05, 0.1) is 38.0 Å². The van der Waals surface area contributed by atoms with Gasteiger partial charge in [0.15, 0.2) is 15.8 Å². The Labute approximate surface area is 185 Å². The highest BCUT2D eigenvalue weighted by Crippen LogP contribution is 2.32. The van der Waals surface area contributed by atoms with E-state index in [1.807, 2.05) is 24.3 Å². The van der Waals surface area contributed by atoms with Crippen molar-refractivity contribution in [3.05, 3.63) is 52.6 Å². The van der Waals surface area contributed by atoms with Gasteiger partial charge in [-0.25, -0.2) is 4.98 Å². The second kappa shape index (κ2) is 9.23. The van der Waals surface area contributed by atoms with E-state index in [-0.39, 0.29) is 5.56 Å². The van der Waals surface area contributed by atoms with Crippen LogP contribution in [0, 0.1) is 0 Å². The zero-order valence-electron chi connectivity index (χ0n) is 17.0. The van der Waals surface area contributed by atoms with Crippen molar-refractivity contribution in [2.75, 3.05) is 26.6 Å². The first-order chi connectivity index (χ1) is 15.1. The molecule has 0 atom stereocenters. The maximum Gasteiger partial charge on any atom is 0.258 e. The number of fused-ring (bicyclic) bond motifs is 1. The molecule has 0 aliphatic rings. The molecule has 4 aromatic rings. The van der Waals surface area contributed by atoms with Gasteiger partial charge in [0.25, 0.3) is 5.56 Å². The lowest BCUT2D eigenvalue weighted by atomic mass is 10.2. The van der Waals surface area contributed by atoms with Crippen LogP contribution in [0.15, 0.2) is 45.5 Å². The van der Waals surface area contributed by atoms with Crippen molar-refractivity contribution in [3.63, 3.8) is 0 Å². The number of thioether (sulfide) groups is 1. The molecule has 0 unspecified atom stereocenters. The normalized spacial score (nSPS) is 10.8. The molecule has 31 heavy (non-hydrogen) atoms. The van der Waals surface area contributed by atoms with Crippen molar-refractivity contribution >= 4 is 44.8 Å². The van der Waals surface area contributed by atoms with Gasteiger partial charge in [0.2, 0.25) is 5.13 Å². The van der Waals surface area contributed by atoms with Gasteiger partial charge in [-0.2, -0.15) is 0 Å². The Hall–Kier alpha value is -3.31. The minimum Gasteiger partial charge on any atom is -0.497 e. The van der Waals surface area contributed by atoms with E-state index in [0.29, 0.717) is 39.1 Å². The predicted molar refractivity (Wildman–Crippen MR) is 121 cm³/mol. The van der Waals surface area contributed by atoms with E-state index in [0.717, 1.165) is 15.8 Å². The molecule has 0 fully saturated rings. The molecule has 9 nitrogen and oxygen atoms in total. The molecule has 0 saturated carbocycles. The number of nitrogens with zero attached hydrogens (tertiary/aromatic N) is 3. The molecule has 0 amide bonds. The van der Waals surface area contributed by atoms with Crippen molar-refractivity contribution in [1.29, 1.82) is 0 Å². The molecule has 0 spiro atoms. The van der Waals surface area contributed by atoms with Crippen LogP contribution < -0.4 is 25.1 Å². The smallest absolute Gasteiger partial charge is 0.258 e. The SMILES string of the molecule is COc1cccc(Nc2nnc(SCc3nc4cc(OC)c(OC)cc4c(=O)[nH]3)s2)c1.